The van der Waals surface area contributed by atoms with E-state index in [2.05, 4.69) is 10.6 Å². The van der Waals surface area contributed by atoms with Crippen molar-refractivity contribution in [2.24, 2.45) is 17.8 Å². The summed E-state index contributed by atoms with van der Waals surface area (Å²) >= 11 is 0. The molecule has 2 aliphatic rings. The minimum Gasteiger partial charge on any atom is -0.455 e. The molecular weight excluding hydrogens is 348 g/mol. The Labute approximate surface area is 157 Å². The Morgan fingerprint density at radius 3 is 2.33 bits per heavy atom. The van der Waals surface area contributed by atoms with Crippen molar-refractivity contribution in [1.29, 1.82) is 0 Å². The molecule has 2 bridgehead atoms. The van der Waals surface area contributed by atoms with Gasteiger partial charge in [-0.25, -0.2) is 0 Å². The van der Waals surface area contributed by atoms with Gasteiger partial charge in [0.1, 0.15) is 5.78 Å². The standard InChI is InChI=1S/C20H24N2O5/c1-12(23)21-16-6-3-7-17(10-16)22-18(24)11-27-20(26)15-8-13-4-2-5-14(9-15)19(13)25/h3,6-7,10,13-15H,2,4-5,8-9,11H2,1H3,(H,21,23)(H,22,24)/t13-,14-/m1/s1. The topological polar surface area (TPSA) is 102 Å². The fourth-order valence-electron chi connectivity index (χ4n) is 4.00. The van der Waals surface area contributed by atoms with Crippen LogP contribution >= 0.6 is 0 Å². The molecule has 2 atom stereocenters. The van der Waals surface area contributed by atoms with Crippen LogP contribution in [0.2, 0.25) is 0 Å². The number of hydrogen-bond donors (Lipinski definition) is 2. The Morgan fingerprint density at radius 2 is 1.70 bits per heavy atom. The molecule has 2 N–H and O–H groups in total. The highest BCUT2D eigenvalue weighted by Gasteiger charge is 2.41. The number of fused-ring (bicyclic) bond motifs is 2. The van der Waals surface area contributed by atoms with Crippen LogP contribution in [0.1, 0.15) is 39.0 Å². The van der Waals surface area contributed by atoms with E-state index in [4.69, 9.17) is 4.74 Å². The lowest BCUT2D eigenvalue weighted by Gasteiger charge is -2.36. The number of Topliss-reactive ketones (excluding diaryl/α,β-unsaturated/α-hetero) is 1. The third-order valence-electron chi connectivity index (χ3n) is 5.19. The molecule has 0 heterocycles. The first kappa shape index (κ1) is 19.1. The van der Waals surface area contributed by atoms with E-state index in [1.54, 1.807) is 24.3 Å². The Balaban J connectivity index is 1.48. The predicted octanol–water partition coefficient (Wildman–Crippen LogP) is 2.52. The van der Waals surface area contributed by atoms with E-state index in [0.29, 0.717) is 30.0 Å². The molecule has 7 nitrogen and oxygen atoms in total. The van der Waals surface area contributed by atoms with Crippen molar-refractivity contribution in [2.75, 3.05) is 17.2 Å². The van der Waals surface area contributed by atoms with E-state index in [9.17, 15) is 19.2 Å². The van der Waals surface area contributed by atoms with Gasteiger partial charge in [-0.3, -0.25) is 19.2 Å². The number of amides is 2. The number of nitrogens with one attached hydrogen (secondary N) is 2. The maximum absolute atomic E-state index is 12.3. The van der Waals surface area contributed by atoms with Crippen LogP contribution in [0, 0.1) is 17.8 Å². The quantitative estimate of drug-likeness (QED) is 0.774. The summed E-state index contributed by atoms with van der Waals surface area (Å²) in [5.74, 6) is -1.11. The molecule has 0 radical (unpaired) electrons. The van der Waals surface area contributed by atoms with Gasteiger partial charge < -0.3 is 15.4 Å². The highest BCUT2D eigenvalue weighted by Crippen LogP contribution is 2.40. The number of rotatable bonds is 5. The highest BCUT2D eigenvalue weighted by atomic mass is 16.5. The molecule has 1 aromatic rings. The number of carbonyl (C=O) groups excluding carboxylic acids is 4. The molecule has 0 aromatic heterocycles. The number of esters is 1. The summed E-state index contributed by atoms with van der Waals surface area (Å²) in [5.41, 5.74) is 1.07. The van der Waals surface area contributed by atoms with Crippen molar-refractivity contribution >= 4 is 34.9 Å². The zero-order valence-corrected chi connectivity index (χ0v) is 15.3. The molecule has 0 unspecified atom stereocenters. The van der Waals surface area contributed by atoms with Gasteiger partial charge in [0.25, 0.3) is 5.91 Å². The molecule has 2 amide bonds. The first-order chi connectivity index (χ1) is 12.9. The van der Waals surface area contributed by atoms with Crippen LogP contribution in [0.15, 0.2) is 24.3 Å². The molecule has 7 heteroatoms. The average Bonchev–Trinajstić information content (AvgIpc) is 2.59. The minimum absolute atomic E-state index is 0.0274. The lowest BCUT2D eigenvalue weighted by Crippen LogP contribution is -2.40. The normalized spacial score (nSPS) is 24.0. The molecular formula is C20H24N2O5. The van der Waals surface area contributed by atoms with E-state index < -0.39 is 11.9 Å². The molecule has 0 spiro atoms. The molecule has 2 fully saturated rings. The van der Waals surface area contributed by atoms with Crippen molar-refractivity contribution in [3.05, 3.63) is 24.3 Å². The molecule has 0 aliphatic heterocycles. The molecule has 2 saturated carbocycles. The summed E-state index contributed by atoms with van der Waals surface area (Å²) in [6, 6.07) is 6.71. The van der Waals surface area contributed by atoms with Gasteiger partial charge in [-0.05, 0) is 43.9 Å². The predicted molar refractivity (Wildman–Crippen MR) is 98.9 cm³/mol. The summed E-state index contributed by atoms with van der Waals surface area (Å²) in [6.45, 7) is 1.03. The second-order valence-corrected chi connectivity index (χ2v) is 7.31. The fraction of sp³-hybridized carbons (Fsp3) is 0.500. The van der Waals surface area contributed by atoms with Crippen molar-refractivity contribution in [2.45, 2.75) is 39.0 Å². The molecule has 3 rings (SSSR count). The Morgan fingerprint density at radius 1 is 1.07 bits per heavy atom. The van der Waals surface area contributed by atoms with Crippen LogP contribution in [0.25, 0.3) is 0 Å². The molecule has 1 aromatic carbocycles. The fourth-order valence-corrected chi connectivity index (χ4v) is 4.00. The number of carbonyl (C=O) groups is 4. The van der Waals surface area contributed by atoms with Crippen LogP contribution in [-0.4, -0.2) is 30.2 Å². The third kappa shape index (κ3) is 4.93. The number of benzene rings is 1. The largest absolute Gasteiger partial charge is 0.455 e. The van der Waals surface area contributed by atoms with Crippen molar-refractivity contribution in [1.82, 2.24) is 0 Å². The smallest absolute Gasteiger partial charge is 0.309 e. The highest BCUT2D eigenvalue weighted by molar-refractivity contribution is 5.95. The number of anilines is 2. The van der Waals surface area contributed by atoms with E-state index >= 15 is 0 Å². The van der Waals surface area contributed by atoms with Gasteiger partial charge in [0.05, 0.1) is 5.92 Å². The van der Waals surface area contributed by atoms with Crippen LogP contribution < -0.4 is 10.6 Å². The van der Waals surface area contributed by atoms with Gasteiger partial charge in [-0.15, -0.1) is 0 Å². The number of ether oxygens (including phenoxy) is 1. The Kier molecular flexibility index (Phi) is 5.88. The van der Waals surface area contributed by atoms with Crippen molar-refractivity contribution in [3.8, 4) is 0 Å². The molecule has 144 valence electrons. The number of hydrogen-bond acceptors (Lipinski definition) is 5. The first-order valence-electron chi connectivity index (χ1n) is 9.30. The Hall–Kier alpha value is -2.70. The van der Waals surface area contributed by atoms with Crippen LogP contribution in [0.4, 0.5) is 11.4 Å². The maximum atomic E-state index is 12.3. The molecule has 27 heavy (non-hydrogen) atoms. The summed E-state index contributed by atoms with van der Waals surface area (Å²) in [6.07, 6.45) is 3.82. The van der Waals surface area contributed by atoms with Gasteiger partial charge in [0.2, 0.25) is 5.91 Å². The van der Waals surface area contributed by atoms with Gasteiger partial charge in [-0.2, -0.15) is 0 Å². The van der Waals surface area contributed by atoms with E-state index in [1.807, 2.05) is 0 Å². The first-order valence-corrected chi connectivity index (χ1v) is 9.30. The van der Waals surface area contributed by atoms with Crippen LogP contribution in [0.5, 0.6) is 0 Å². The third-order valence-corrected chi connectivity index (χ3v) is 5.19. The van der Waals surface area contributed by atoms with Crippen molar-refractivity contribution in [3.63, 3.8) is 0 Å². The van der Waals surface area contributed by atoms with E-state index in [1.165, 1.54) is 6.92 Å². The summed E-state index contributed by atoms with van der Waals surface area (Å²) in [5, 5.41) is 5.27. The zero-order valence-electron chi connectivity index (χ0n) is 15.3. The van der Waals surface area contributed by atoms with Crippen LogP contribution in [-0.2, 0) is 23.9 Å². The SMILES string of the molecule is CC(=O)Nc1cccc(NC(=O)COC(=O)C2C[C@H]3CCC[C@H](C2)C3=O)c1. The summed E-state index contributed by atoms with van der Waals surface area (Å²) in [7, 11) is 0. The molecule has 2 aliphatic carbocycles. The second-order valence-electron chi connectivity index (χ2n) is 7.31. The van der Waals surface area contributed by atoms with Gasteiger partial charge in [0, 0.05) is 30.1 Å². The zero-order chi connectivity index (χ0) is 19.4. The monoisotopic (exact) mass is 372 g/mol. The van der Waals surface area contributed by atoms with Crippen molar-refractivity contribution < 1.29 is 23.9 Å². The minimum atomic E-state index is -0.449. The summed E-state index contributed by atoms with van der Waals surface area (Å²) in [4.78, 5) is 47.5. The second kappa shape index (κ2) is 8.33. The molecule has 0 saturated heterocycles. The lowest BCUT2D eigenvalue weighted by atomic mass is 9.67. The maximum Gasteiger partial charge on any atom is 0.309 e. The van der Waals surface area contributed by atoms with Gasteiger partial charge in [0.15, 0.2) is 6.61 Å². The van der Waals surface area contributed by atoms with E-state index in [-0.39, 0.29) is 30.3 Å². The Bertz CT molecular complexity index is 744. The van der Waals surface area contributed by atoms with E-state index in [0.717, 1.165) is 19.3 Å². The average molecular weight is 372 g/mol. The number of ketones is 1. The van der Waals surface area contributed by atoms with Crippen LogP contribution in [0.3, 0.4) is 0 Å². The van der Waals surface area contributed by atoms with Gasteiger partial charge >= 0.3 is 5.97 Å². The van der Waals surface area contributed by atoms with Gasteiger partial charge in [-0.1, -0.05) is 12.5 Å². The summed E-state index contributed by atoms with van der Waals surface area (Å²) < 4.78 is 5.18. The lowest BCUT2D eigenvalue weighted by molar-refractivity contribution is -0.155.